The van der Waals surface area contributed by atoms with Crippen molar-refractivity contribution in [1.82, 2.24) is 0 Å². The number of hydrogen-bond acceptors (Lipinski definition) is 6. The SMILES string of the molecule is CC(=O)N1CCCc2cc(NC(=O)CSc3ccc(C(N)=O)cc3[N+](=O)[O-])ccc21. The molecule has 0 bridgehead atoms. The smallest absolute Gasteiger partial charge is 0.283 e. The first-order chi connectivity index (χ1) is 14.3. The molecule has 0 aliphatic carbocycles. The van der Waals surface area contributed by atoms with E-state index in [2.05, 4.69) is 5.32 Å². The van der Waals surface area contributed by atoms with Crippen LogP contribution in [0, 0.1) is 10.1 Å². The lowest BCUT2D eigenvalue weighted by Crippen LogP contribution is -2.33. The van der Waals surface area contributed by atoms with Crippen molar-refractivity contribution in [2.75, 3.05) is 22.5 Å². The normalized spacial score (nSPS) is 12.8. The fraction of sp³-hybridized carbons (Fsp3) is 0.250. The summed E-state index contributed by atoms with van der Waals surface area (Å²) in [6.45, 7) is 2.20. The van der Waals surface area contributed by atoms with Crippen molar-refractivity contribution in [3.63, 3.8) is 0 Å². The Morgan fingerprint density at radius 3 is 2.67 bits per heavy atom. The van der Waals surface area contributed by atoms with E-state index in [9.17, 15) is 24.5 Å². The van der Waals surface area contributed by atoms with Crippen LogP contribution in [0.1, 0.15) is 29.3 Å². The van der Waals surface area contributed by atoms with E-state index < -0.39 is 10.8 Å². The molecule has 30 heavy (non-hydrogen) atoms. The lowest BCUT2D eigenvalue weighted by Gasteiger charge is -2.29. The first-order valence-corrected chi connectivity index (χ1v) is 10.2. The quantitative estimate of drug-likeness (QED) is 0.412. The van der Waals surface area contributed by atoms with Gasteiger partial charge in [0.15, 0.2) is 0 Å². The van der Waals surface area contributed by atoms with Crippen molar-refractivity contribution in [2.24, 2.45) is 5.73 Å². The van der Waals surface area contributed by atoms with Crippen molar-refractivity contribution >= 4 is 46.5 Å². The summed E-state index contributed by atoms with van der Waals surface area (Å²) in [6, 6.07) is 9.29. The Balaban J connectivity index is 1.68. The molecule has 3 N–H and O–H groups in total. The minimum atomic E-state index is -0.761. The second kappa shape index (κ2) is 8.95. The lowest BCUT2D eigenvalue weighted by atomic mass is 10.0. The van der Waals surface area contributed by atoms with Gasteiger partial charge >= 0.3 is 0 Å². The van der Waals surface area contributed by atoms with E-state index in [0.29, 0.717) is 12.2 Å². The van der Waals surface area contributed by atoms with E-state index in [1.807, 2.05) is 12.1 Å². The van der Waals surface area contributed by atoms with E-state index in [-0.39, 0.29) is 33.7 Å². The van der Waals surface area contributed by atoms with Gasteiger partial charge in [-0.05, 0) is 48.7 Å². The van der Waals surface area contributed by atoms with Crippen LogP contribution < -0.4 is 16.0 Å². The number of carbonyl (C=O) groups is 3. The van der Waals surface area contributed by atoms with Gasteiger partial charge in [-0.2, -0.15) is 0 Å². The van der Waals surface area contributed by atoms with Gasteiger partial charge in [-0.1, -0.05) is 0 Å². The second-order valence-corrected chi connectivity index (χ2v) is 7.78. The van der Waals surface area contributed by atoms with E-state index in [1.165, 1.54) is 19.1 Å². The Morgan fingerprint density at radius 2 is 2.00 bits per heavy atom. The number of carbonyl (C=O) groups excluding carboxylic acids is 3. The van der Waals surface area contributed by atoms with Crippen molar-refractivity contribution in [3.05, 3.63) is 57.6 Å². The minimum Gasteiger partial charge on any atom is -0.366 e. The number of rotatable bonds is 6. The van der Waals surface area contributed by atoms with E-state index in [4.69, 9.17) is 5.73 Å². The summed E-state index contributed by atoms with van der Waals surface area (Å²) >= 11 is 0.998. The van der Waals surface area contributed by atoms with E-state index in [0.717, 1.165) is 41.9 Å². The van der Waals surface area contributed by atoms with Crippen LogP contribution in [0.5, 0.6) is 0 Å². The fourth-order valence-corrected chi connectivity index (χ4v) is 4.08. The van der Waals surface area contributed by atoms with Gasteiger partial charge in [-0.25, -0.2) is 0 Å². The fourth-order valence-electron chi connectivity index (χ4n) is 3.28. The molecule has 0 atom stereocenters. The molecule has 10 heteroatoms. The van der Waals surface area contributed by atoms with E-state index >= 15 is 0 Å². The number of hydrogen-bond donors (Lipinski definition) is 2. The van der Waals surface area contributed by atoms with Crippen molar-refractivity contribution in [2.45, 2.75) is 24.7 Å². The molecule has 1 heterocycles. The number of benzene rings is 2. The maximum Gasteiger partial charge on any atom is 0.283 e. The van der Waals surface area contributed by atoms with Crippen molar-refractivity contribution in [3.8, 4) is 0 Å². The molecule has 0 saturated carbocycles. The maximum absolute atomic E-state index is 12.3. The average Bonchev–Trinajstić information content (AvgIpc) is 2.71. The summed E-state index contributed by atoms with van der Waals surface area (Å²) < 4.78 is 0. The zero-order chi connectivity index (χ0) is 21.8. The molecule has 0 fully saturated rings. The zero-order valence-electron chi connectivity index (χ0n) is 16.2. The number of fused-ring (bicyclic) bond motifs is 1. The molecule has 3 rings (SSSR count). The van der Waals surface area contributed by atoms with Gasteiger partial charge in [0.25, 0.3) is 5.69 Å². The monoisotopic (exact) mass is 428 g/mol. The third-order valence-corrected chi connectivity index (χ3v) is 5.72. The number of nitrogens with two attached hydrogens (primary N) is 1. The largest absolute Gasteiger partial charge is 0.366 e. The highest BCUT2D eigenvalue weighted by atomic mass is 32.2. The first kappa shape index (κ1) is 21.3. The highest BCUT2D eigenvalue weighted by molar-refractivity contribution is 8.00. The highest BCUT2D eigenvalue weighted by Crippen LogP contribution is 2.31. The predicted molar refractivity (Wildman–Crippen MR) is 114 cm³/mol. The Morgan fingerprint density at radius 1 is 1.23 bits per heavy atom. The summed E-state index contributed by atoms with van der Waals surface area (Å²) in [5.41, 5.74) is 7.36. The molecule has 2 aromatic carbocycles. The third kappa shape index (κ3) is 4.77. The number of anilines is 2. The van der Waals surface area contributed by atoms with Gasteiger partial charge in [-0.3, -0.25) is 24.5 Å². The van der Waals surface area contributed by atoms with Gasteiger partial charge in [0.05, 0.1) is 15.6 Å². The summed E-state index contributed by atoms with van der Waals surface area (Å²) in [6.07, 6.45) is 1.67. The summed E-state index contributed by atoms with van der Waals surface area (Å²) in [5.74, 6) is -1.16. The molecule has 156 valence electrons. The number of amides is 3. The van der Waals surface area contributed by atoms with Crippen molar-refractivity contribution < 1.29 is 19.3 Å². The molecule has 0 aromatic heterocycles. The minimum absolute atomic E-state index is 0.0203. The molecule has 9 nitrogen and oxygen atoms in total. The number of aryl methyl sites for hydroxylation is 1. The topological polar surface area (TPSA) is 136 Å². The second-order valence-electron chi connectivity index (χ2n) is 6.76. The van der Waals surface area contributed by atoms with Gasteiger partial charge < -0.3 is 16.0 Å². The lowest BCUT2D eigenvalue weighted by molar-refractivity contribution is -0.387. The molecule has 1 aliphatic heterocycles. The molecule has 0 saturated heterocycles. The Bertz CT molecular complexity index is 1040. The van der Waals surface area contributed by atoms with Crippen LogP contribution >= 0.6 is 11.8 Å². The zero-order valence-corrected chi connectivity index (χ0v) is 17.0. The number of primary amides is 1. The number of thioether (sulfide) groups is 1. The summed E-state index contributed by atoms with van der Waals surface area (Å²) in [4.78, 5) is 47.9. The van der Waals surface area contributed by atoms with Crippen LogP contribution in [-0.2, 0) is 16.0 Å². The molecular weight excluding hydrogens is 408 g/mol. The first-order valence-electron chi connectivity index (χ1n) is 9.18. The van der Waals surface area contributed by atoms with Crippen LogP contribution in [-0.4, -0.2) is 34.9 Å². The number of nitrogens with zero attached hydrogens (tertiary/aromatic N) is 2. The average molecular weight is 428 g/mol. The van der Waals surface area contributed by atoms with E-state index in [1.54, 1.807) is 11.0 Å². The van der Waals surface area contributed by atoms with Gasteiger partial charge in [-0.15, -0.1) is 11.8 Å². The Labute approximate surface area is 176 Å². The van der Waals surface area contributed by atoms with Crippen LogP contribution in [0.2, 0.25) is 0 Å². The highest BCUT2D eigenvalue weighted by Gasteiger charge is 2.21. The van der Waals surface area contributed by atoms with Crippen LogP contribution in [0.4, 0.5) is 17.1 Å². The number of nitro groups is 1. The van der Waals surface area contributed by atoms with Crippen molar-refractivity contribution in [1.29, 1.82) is 0 Å². The Kier molecular flexibility index (Phi) is 6.36. The molecule has 0 unspecified atom stereocenters. The standard InChI is InChI=1S/C20H20N4O5S/c1-12(25)23-8-2-3-13-9-15(5-6-16(13)23)22-19(26)11-30-18-7-4-14(20(21)27)10-17(18)24(28)29/h4-7,9-10H,2-3,8,11H2,1H3,(H2,21,27)(H,22,26). The van der Waals surface area contributed by atoms with Crippen LogP contribution in [0.15, 0.2) is 41.3 Å². The van der Waals surface area contributed by atoms with Crippen LogP contribution in [0.25, 0.3) is 0 Å². The Hall–Kier alpha value is -3.40. The van der Waals surface area contributed by atoms with Gasteiger partial charge in [0.1, 0.15) is 0 Å². The number of nitrogens with one attached hydrogen (secondary N) is 1. The third-order valence-electron chi connectivity index (χ3n) is 4.66. The molecule has 0 radical (unpaired) electrons. The molecule has 1 aliphatic rings. The van der Waals surface area contributed by atoms with Gasteiger partial charge in [0, 0.05) is 36.5 Å². The van der Waals surface area contributed by atoms with Crippen LogP contribution in [0.3, 0.4) is 0 Å². The van der Waals surface area contributed by atoms with Gasteiger partial charge in [0.2, 0.25) is 17.7 Å². The summed E-state index contributed by atoms with van der Waals surface area (Å²) in [7, 11) is 0. The number of nitro benzene ring substituents is 1. The predicted octanol–water partition coefficient (Wildman–Crippen LogP) is 2.72. The molecule has 3 amide bonds. The summed E-state index contributed by atoms with van der Waals surface area (Å²) in [5, 5.41) is 14.0. The molecule has 2 aromatic rings. The maximum atomic E-state index is 12.3. The molecular formula is C20H20N4O5S. The molecule has 0 spiro atoms.